The Labute approximate surface area is 121 Å². The Morgan fingerprint density at radius 3 is 2.65 bits per heavy atom. The lowest BCUT2D eigenvalue weighted by Gasteiger charge is -2.40. The average molecular weight is 275 g/mol. The second-order valence-corrected chi connectivity index (χ2v) is 6.03. The van der Waals surface area contributed by atoms with Crippen molar-refractivity contribution in [1.82, 2.24) is 4.90 Å². The Balaban J connectivity index is 2.16. The minimum absolute atomic E-state index is 0.0987. The van der Waals surface area contributed by atoms with E-state index in [1.54, 1.807) is 0 Å². The van der Waals surface area contributed by atoms with Gasteiger partial charge in [-0.05, 0) is 51.8 Å². The molecule has 3 atom stereocenters. The van der Waals surface area contributed by atoms with E-state index in [2.05, 4.69) is 32.6 Å². The van der Waals surface area contributed by atoms with Crippen LogP contribution in [0, 0.1) is 13.8 Å². The van der Waals surface area contributed by atoms with Crippen molar-refractivity contribution in [2.75, 3.05) is 13.2 Å². The quantitative estimate of drug-likeness (QED) is 0.794. The molecule has 3 nitrogen and oxygen atoms in total. The van der Waals surface area contributed by atoms with Crippen molar-refractivity contribution < 1.29 is 9.53 Å². The summed E-state index contributed by atoms with van der Waals surface area (Å²) in [7, 11) is 0. The molecule has 0 bridgehead atoms. The van der Waals surface area contributed by atoms with Gasteiger partial charge in [-0.3, -0.25) is 9.69 Å². The number of hydrogen-bond donors (Lipinski definition) is 0. The van der Waals surface area contributed by atoms with Gasteiger partial charge in [0.15, 0.2) is 5.78 Å². The number of ketones is 1. The lowest BCUT2D eigenvalue weighted by atomic mass is 9.98. The second kappa shape index (κ2) is 6.06. The fourth-order valence-corrected chi connectivity index (χ4v) is 2.76. The summed E-state index contributed by atoms with van der Waals surface area (Å²) >= 11 is 0. The van der Waals surface area contributed by atoms with Crippen LogP contribution in [-0.4, -0.2) is 42.0 Å². The number of ether oxygens (including phenoxy) is 1. The van der Waals surface area contributed by atoms with Crippen molar-refractivity contribution in [3.63, 3.8) is 0 Å². The fraction of sp³-hybridized carbons (Fsp3) is 0.588. The third-order valence-corrected chi connectivity index (χ3v) is 4.32. The number of carbonyl (C=O) groups is 1. The van der Waals surface area contributed by atoms with Gasteiger partial charge in [0.2, 0.25) is 0 Å². The molecule has 1 aromatic carbocycles. The van der Waals surface area contributed by atoms with Crippen molar-refractivity contribution in [1.29, 1.82) is 0 Å². The van der Waals surface area contributed by atoms with E-state index in [0.29, 0.717) is 6.61 Å². The zero-order valence-electron chi connectivity index (χ0n) is 13.1. The highest BCUT2D eigenvalue weighted by atomic mass is 16.5. The van der Waals surface area contributed by atoms with Crippen molar-refractivity contribution in [2.45, 2.75) is 52.8 Å². The topological polar surface area (TPSA) is 29.5 Å². The number of hydrogen-bond acceptors (Lipinski definition) is 3. The summed E-state index contributed by atoms with van der Waals surface area (Å²) in [6.45, 7) is 11.8. The first-order valence-corrected chi connectivity index (χ1v) is 7.39. The normalized spacial score (nSPS) is 25.4. The number of carbonyl (C=O) groups excluding carboxylic acids is 1. The first kappa shape index (κ1) is 15.2. The van der Waals surface area contributed by atoms with E-state index in [1.807, 2.05) is 25.1 Å². The number of morpholine rings is 1. The number of Topliss-reactive ketones (excluding diaryl/α,β-unsaturated/α-hetero) is 1. The molecule has 2 rings (SSSR count). The predicted molar refractivity (Wildman–Crippen MR) is 81.3 cm³/mol. The van der Waals surface area contributed by atoms with E-state index in [-0.39, 0.29) is 24.0 Å². The first-order chi connectivity index (χ1) is 9.40. The molecule has 3 heteroatoms. The van der Waals surface area contributed by atoms with Gasteiger partial charge < -0.3 is 4.74 Å². The monoisotopic (exact) mass is 275 g/mol. The molecule has 1 saturated heterocycles. The van der Waals surface area contributed by atoms with Crippen molar-refractivity contribution in [3.8, 4) is 0 Å². The van der Waals surface area contributed by atoms with Gasteiger partial charge in [-0.15, -0.1) is 0 Å². The van der Waals surface area contributed by atoms with Crippen LogP contribution in [0.15, 0.2) is 18.2 Å². The van der Waals surface area contributed by atoms with E-state index in [9.17, 15) is 4.79 Å². The Bertz CT molecular complexity index is 498. The number of aryl methyl sites for hydroxylation is 2. The Morgan fingerprint density at radius 2 is 2.00 bits per heavy atom. The highest BCUT2D eigenvalue weighted by Gasteiger charge is 2.31. The molecular formula is C17H25NO2. The minimum Gasteiger partial charge on any atom is -0.376 e. The van der Waals surface area contributed by atoms with Crippen LogP contribution in [0.25, 0.3) is 0 Å². The van der Waals surface area contributed by atoms with Crippen LogP contribution in [0.5, 0.6) is 0 Å². The van der Waals surface area contributed by atoms with E-state index in [0.717, 1.165) is 12.1 Å². The highest BCUT2D eigenvalue weighted by Crippen LogP contribution is 2.19. The molecule has 1 fully saturated rings. The SMILES string of the molecule is Cc1ccc(C(=O)C(C)N2CC(C)OCC2C)cc1C. The molecule has 3 unspecified atom stereocenters. The summed E-state index contributed by atoms with van der Waals surface area (Å²) in [6, 6.07) is 6.16. The number of nitrogens with zero attached hydrogens (tertiary/aromatic N) is 1. The average Bonchev–Trinajstić information content (AvgIpc) is 2.43. The van der Waals surface area contributed by atoms with Gasteiger partial charge >= 0.3 is 0 Å². The Hall–Kier alpha value is -1.19. The zero-order valence-corrected chi connectivity index (χ0v) is 13.1. The molecule has 0 N–H and O–H groups in total. The summed E-state index contributed by atoms with van der Waals surface area (Å²) in [4.78, 5) is 14.9. The van der Waals surface area contributed by atoms with Gasteiger partial charge in [0, 0.05) is 18.2 Å². The summed E-state index contributed by atoms with van der Waals surface area (Å²) in [5.41, 5.74) is 3.21. The van der Waals surface area contributed by atoms with E-state index in [4.69, 9.17) is 4.74 Å². The number of benzene rings is 1. The van der Waals surface area contributed by atoms with Gasteiger partial charge in [-0.2, -0.15) is 0 Å². The van der Waals surface area contributed by atoms with Crippen LogP contribution >= 0.6 is 0 Å². The van der Waals surface area contributed by atoms with Crippen molar-refractivity contribution in [3.05, 3.63) is 34.9 Å². The molecule has 0 aliphatic carbocycles. The Morgan fingerprint density at radius 1 is 1.30 bits per heavy atom. The third kappa shape index (κ3) is 3.10. The first-order valence-electron chi connectivity index (χ1n) is 7.39. The molecule has 1 heterocycles. The molecule has 20 heavy (non-hydrogen) atoms. The van der Waals surface area contributed by atoms with E-state index in [1.165, 1.54) is 11.1 Å². The molecule has 0 amide bonds. The predicted octanol–water partition coefficient (Wildman–Crippen LogP) is 2.98. The summed E-state index contributed by atoms with van der Waals surface area (Å²) < 4.78 is 5.64. The van der Waals surface area contributed by atoms with Crippen LogP contribution in [0.2, 0.25) is 0 Å². The molecule has 0 saturated carbocycles. The van der Waals surface area contributed by atoms with E-state index < -0.39 is 0 Å². The molecule has 110 valence electrons. The summed E-state index contributed by atoms with van der Waals surface area (Å²) in [5.74, 6) is 0.203. The van der Waals surface area contributed by atoms with Crippen LogP contribution in [0.1, 0.15) is 42.3 Å². The van der Waals surface area contributed by atoms with Gasteiger partial charge in [0.25, 0.3) is 0 Å². The van der Waals surface area contributed by atoms with Crippen molar-refractivity contribution >= 4 is 5.78 Å². The maximum absolute atomic E-state index is 12.7. The van der Waals surface area contributed by atoms with Gasteiger partial charge in [-0.1, -0.05) is 12.1 Å². The second-order valence-electron chi connectivity index (χ2n) is 6.03. The standard InChI is InChI=1S/C17H25NO2/c1-11-6-7-16(8-12(11)2)17(19)15(5)18-9-14(4)20-10-13(18)3/h6-8,13-15H,9-10H2,1-5H3. The third-order valence-electron chi connectivity index (χ3n) is 4.32. The molecule has 1 aromatic rings. The summed E-state index contributed by atoms with van der Waals surface area (Å²) in [6.07, 6.45) is 0.196. The lowest BCUT2D eigenvalue weighted by Crippen LogP contribution is -2.53. The summed E-state index contributed by atoms with van der Waals surface area (Å²) in [5, 5.41) is 0. The molecule has 0 spiro atoms. The molecule has 1 aliphatic heterocycles. The van der Waals surface area contributed by atoms with Crippen LogP contribution in [0.3, 0.4) is 0 Å². The van der Waals surface area contributed by atoms with E-state index >= 15 is 0 Å². The molecule has 1 aliphatic rings. The van der Waals surface area contributed by atoms with Gasteiger partial charge in [-0.25, -0.2) is 0 Å². The minimum atomic E-state index is -0.0987. The highest BCUT2D eigenvalue weighted by molar-refractivity contribution is 6.00. The fourth-order valence-electron chi connectivity index (χ4n) is 2.76. The largest absolute Gasteiger partial charge is 0.376 e. The maximum atomic E-state index is 12.7. The maximum Gasteiger partial charge on any atom is 0.179 e. The lowest BCUT2D eigenvalue weighted by molar-refractivity contribution is -0.0585. The van der Waals surface area contributed by atoms with Crippen LogP contribution < -0.4 is 0 Å². The van der Waals surface area contributed by atoms with Crippen LogP contribution in [0.4, 0.5) is 0 Å². The molecule has 0 aromatic heterocycles. The van der Waals surface area contributed by atoms with Crippen LogP contribution in [-0.2, 0) is 4.74 Å². The zero-order chi connectivity index (χ0) is 14.9. The smallest absolute Gasteiger partial charge is 0.179 e. The van der Waals surface area contributed by atoms with Gasteiger partial charge in [0.1, 0.15) is 0 Å². The van der Waals surface area contributed by atoms with Crippen molar-refractivity contribution in [2.24, 2.45) is 0 Å². The number of rotatable bonds is 3. The molecule has 0 radical (unpaired) electrons. The molecular weight excluding hydrogens is 250 g/mol. The Kier molecular flexibility index (Phi) is 4.61. The van der Waals surface area contributed by atoms with Gasteiger partial charge in [0.05, 0.1) is 18.8 Å².